The Bertz CT molecular complexity index is 758. The number of hydrogen-bond donors (Lipinski definition) is 2. The van der Waals surface area contributed by atoms with E-state index < -0.39 is 0 Å². The predicted octanol–water partition coefficient (Wildman–Crippen LogP) is 2.94. The van der Waals surface area contributed by atoms with Crippen molar-refractivity contribution < 1.29 is 13.9 Å². The minimum Gasteiger partial charge on any atom is -0.475 e. The van der Waals surface area contributed by atoms with Crippen molar-refractivity contribution in [3.8, 4) is 17.1 Å². The third kappa shape index (κ3) is 4.33. The SMILES string of the molecule is O=C(NCCOc1ccc(-c2ccccc2)nn1)Nc1ccco1. The van der Waals surface area contributed by atoms with E-state index in [0.29, 0.717) is 18.3 Å². The minimum atomic E-state index is -0.362. The fraction of sp³-hybridized carbons (Fsp3) is 0.118. The number of anilines is 1. The van der Waals surface area contributed by atoms with E-state index in [9.17, 15) is 4.79 Å². The lowest BCUT2D eigenvalue weighted by molar-refractivity contribution is 0.245. The van der Waals surface area contributed by atoms with Crippen LogP contribution in [-0.4, -0.2) is 29.4 Å². The van der Waals surface area contributed by atoms with E-state index in [1.54, 1.807) is 18.2 Å². The van der Waals surface area contributed by atoms with Gasteiger partial charge in [0.1, 0.15) is 6.61 Å². The van der Waals surface area contributed by atoms with Gasteiger partial charge in [-0.3, -0.25) is 5.32 Å². The molecule has 0 aliphatic rings. The van der Waals surface area contributed by atoms with Crippen molar-refractivity contribution in [1.29, 1.82) is 0 Å². The van der Waals surface area contributed by atoms with Gasteiger partial charge in [0, 0.05) is 17.7 Å². The molecule has 0 bridgehead atoms. The van der Waals surface area contributed by atoms with E-state index in [1.807, 2.05) is 36.4 Å². The summed E-state index contributed by atoms with van der Waals surface area (Å²) < 4.78 is 10.4. The molecule has 7 heteroatoms. The number of benzene rings is 1. The number of ether oxygens (including phenoxy) is 1. The van der Waals surface area contributed by atoms with Gasteiger partial charge in [-0.1, -0.05) is 30.3 Å². The lowest BCUT2D eigenvalue weighted by atomic mass is 10.1. The molecular formula is C17H16N4O3. The molecule has 3 rings (SSSR count). The van der Waals surface area contributed by atoms with E-state index in [-0.39, 0.29) is 12.6 Å². The van der Waals surface area contributed by atoms with Crippen molar-refractivity contribution >= 4 is 11.9 Å². The van der Waals surface area contributed by atoms with Crippen molar-refractivity contribution in [2.75, 3.05) is 18.5 Å². The molecule has 24 heavy (non-hydrogen) atoms. The van der Waals surface area contributed by atoms with Gasteiger partial charge in [0.15, 0.2) is 0 Å². The van der Waals surface area contributed by atoms with Crippen LogP contribution in [0.5, 0.6) is 5.88 Å². The Labute approximate surface area is 138 Å². The molecule has 0 saturated heterocycles. The third-order valence-electron chi connectivity index (χ3n) is 3.11. The van der Waals surface area contributed by atoms with E-state index in [0.717, 1.165) is 11.3 Å². The number of nitrogens with zero attached hydrogens (tertiary/aromatic N) is 2. The van der Waals surface area contributed by atoms with E-state index in [1.165, 1.54) is 6.26 Å². The number of aromatic nitrogens is 2. The van der Waals surface area contributed by atoms with Crippen LogP contribution in [0, 0.1) is 0 Å². The standard InChI is InChI=1S/C17H16N4O3/c22-17(19-15-7-4-11-23-15)18-10-12-24-16-9-8-14(20-21-16)13-5-2-1-3-6-13/h1-9,11H,10,12H2,(H2,18,19,22). The fourth-order valence-electron chi connectivity index (χ4n) is 1.99. The number of hydrogen-bond acceptors (Lipinski definition) is 5. The van der Waals surface area contributed by atoms with Crippen LogP contribution in [0.3, 0.4) is 0 Å². The molecule has 0 aliphatic carbocycles. The van der Waals surface area contributed by atoms with Gasteiger partial charge in [0.2, 0.25) is 11.8 Å². The van der Waals surface area contributed by atoms with Gasteiger partial charge in [-0.25, -0.2) is 4.79 Å². The van der Waals surface area contributed by atoms with Gasteiger partial charge >= 0.3 is 6.03 Å². The first-order valence-corrected chi connectivity index (χ1v) is 7.41. The highest BCUT2D eigenvalue weighted by Gasteiger charge is 2.04. The molecule has 2 aromatic heterocycles. The Balaban J connectivity index is 1.41. The summed E-state index contributed by atoms with van der Waals surface area (Å²) in [6.07, 6.45) is 1.48. The van der Waals surface area contributed by atoms with Crippen LogP contribution in [0.25, 0.3) is 11.3 Å². The summed E-state index contributed by atoms with van der Waals surface area (Å²) in [4.78, 5) is 11.6. The van der Waals surface area contributed by atoms with Crippen molar-refractivity contribution in [3.63, 3.8) is 0 Å². The maximum atomic E-state index is 11.6. The highest BCUT2D eigenvalue weighted by atomic mass is 16.5. The first-order valence-electron chi connectivity index (χ1n) is 7.41. The summed E-state index contributed by atoms with van der Waals surface area (Å²) >= 11 is 0. The molecule has 0 atom stereocenters. The molecule has 3 aromatic rings. The maximum Gasteiger partial charge on any atom is 0.321 e. The van der Waals surface area contributed by atoms with E-state index in [4.69, 9.17) is 9.15 Å². The first-order chi connectivity index (χ1) is 11.8. The second kappa shape index (κ2) is 7.77. The Hall–Kier alpha value is -3.35. The smallest absolute Gasteiger partial charge is 0.321 e. The largest absolute Gasteiger partial charge is 0.475 e. The molecule has 2 amide bonds. The molecule has 0 saturated carbocycles. The Morgan fingerprint density at radius 1 is 1.04 bits per heavy atom. The van der Waals surface area contributed by atoms with Crippen molar-refractivity contribution in [1.82, 2.24) is 15.5 Å². The normalized spacial score (nSPS) is 10.2. The first kappa shape index (κ1) is 15.5. The number of amides is 2. The summed E-state index contributed by atoms with van der Waals surface area (Å²) in [6.45, 7) is 0.611. The second-order valence-electron chi connectivity index (χ2n) is 4.83. The summed E-state index contributed by atoms with van der Waals surface area (Å²) in [5, 5.41) is 13.3. The third-order valence-corrected chi connectivity index (χ3v) is 3.11. The van der Waals surface area contributed by atoms with Gasteiger partial charge in [0.25, 0.3) is 0 Å². The molecule has 2 N–H and O–H groups in total. The average molecular weight is 324 g/mol. The summed E-state index contributed by atoms with van der Waals surface area (Å²) in [7, 11) is 0. The maximum absolute atomic E-state index is 11.6. The molecule has 122 valence electrons. The Kier molecular flexibility index (Phi) is 5.03. The van der Waals surface area contributed by atoms with Crippen LogP contribution < -0.4 is 15.4 Å². The van der Waals surface area contributed by atoms with Gasteiger partial charge < -0.3 is 14.5 Å². The molecule has 0 spiro atoms. The van der Waals surface area contributed by atoms with E-state index in [2.05, 4.69) is 20.8 Å². The average Bonchev–Trinajstić information content (AvgIpc) is 3.13. The zero-order chi connectivity index (χ0) is 16.6. The van der Waals surface area contributed by atoms with Crippen molar-refractivity contribution in [3.05, 3.63) is 60.9 Å². The zero-order valence-corrected chi connectivity index (χ0v) is 12.8. The topological polar surface area (TPSA) is 89.3 Å². The number of carbonyl (C=O) groups excluding carboxylic acids is 1. The van der Waals surface area contributed by atoms with Gasteiger partial charge in [-0.15, -0.1) is 10.2 Å². The quantitative estimate of drug-likeness (QED) is 0.681. The van der Waals surface area contributed by atoms with Gasteiger partial charge in [0.05, 0.1) is 18.5 Å². The number of nitrogens with one attached hydrogen (secondary N) is 2. The zero-order valence-electron chi connectivity index (χ0n) is 12.8. The monoisotopic (exact) mass is 324 g/mol. The summed E-state index contributed by atoms with van der Waals surface area (Å²) in [5.41, 5.74) is 1.77. The van der Waals surface area contributed by atoms with Crippen molar-refractivity contribution in [2.24, 2.45) is 0 Å². The number of furan rings is 1. The minimum absolute atomic E-state index is 0.283. The molecule has 0 unspecified atom stereocenters. The van der Waals surface area contributed by atoms with Gasteiger partial charge in [-0.2, -0.15) is 0 Å². The van der Waals surface area contributed by atoms with Crippen LogP contribution >= 0.6 is 0 Å². The molecule has 2 heterocycles. The van der Waals surface area contributed by atoms with Crippen molar-refractivity contribution in [2.45, 2.75) is 0 Å². The molecule has 1 aromatic carbocycles. The lowest BCUT2D eigenvalue weighted by Gasteiger charge is -2.07. The molecule has 7 nitrogen and oxygen atoms in total. The Morgan fingerprint density at radius 2 is 1.92 bits per heavy atom. The fourth-order valence-corrected chi connectivity index (χ4v) is 1.99. The number of carbonyl (C=O) groups is 1. The highest BCUT2D eigenvalue weighted by molar-refractivity contribution is 5.87. The van der Waals surface area contributed by atoms with Crippen LogP contribution in [0.2, 0.25) is 0 Å². The van der Waals surface area contributed by atoms with Crippen LogP contribution in [0.4, 0.5) is 10.7 Å². The Morgan fingerprint density at radius 3 is 2.62 bits per heavy atom. The number of urea groups is 1. The molecule has 0 aliphatic heterocycles. The molecule has 0 radical (unpaired) electrons. The van der Waals surface area contributed by atoms with Crippen LogP contribution in [-0.2, 0) is 0 Å². The van der Waals surface area contributed by atoms with Crippen LogP contribution in [0.15, 0.2) is 65.3 Å². The molecular weight excluding hydrogens is 308 g/mol. The summed E-state index contributed by atoms with van der Waals surface area (Å²) in [6, 6.07) is 16.3. The second-order valence-corrected chi connectivity index (χ2v) is 4.83. The predicted molar refractivity (Wildman–Crippen MR) is 88.7 cm³/mol. The number of rotatable bonds is 6. The van der Waals surface area contributed by atoms with E-state index >= 15 is 0 Å². The lowest BCUT2D eigenvalue weighted by Crippen LogP contribution is -2.32. The molecule has 0 fully saturated rings. The highest BCUT2D eigenvalue weighted by Crippen LogP contribution is 2.16. The van der Waals surface area contributed by atoms with Crippen LogP contribution in [0.1, 0.15) is 0 Å². The van der Waals surface area contributed by atoms with Gasteiger partial charge in [-0.05, 0) is 12.1 Å². The summed E-state index contributed by atoms with van der Waals surface area (Å²) in [5.74, 6) is 0.790.